The zero-order valence-corrected chi connectivity index (χ0v) is 12.8. The molecule has 2 fully saturated rings. The number of rotatable bonds is 5. The van der Waals surface area contributed by atoms with E-state index >= 15 is 0 Å². The van der Waals surface area contributed by atoms with Gasteiger partial charge in [0.05, 0.1) is 17.6 Å². The summed E-state index contributed by atoms with van der Waals surface area (Å²) in [5.74, 6) is 0.289. The van der Waals surface area contributed by atoms with Gasteiger partial charge in [-0.15, -0.1) is 0 Å². The van der Waals surface area contributed by atoms with Crippen molar-refractivity contribution >= 4 is 15.9 Å². The third-order valence-electron chi connectivity index (χ3n) is 3.88. The second-order valence-corrected chi connectivity index (χ2v) is 7.80. The van der Waals surface area contributed by atoms with E-state index < -0.39 is 9.84 Å². The van der Waals surface area contributed by atoms with Crippen molar-refractivity contribution in [2.24, 2.45) is 0 Å². The Labute approximate surface area is 120 Å². The monoisotopic (exact) mass is 304 g/mol. The molecule has 2 atom stereocenters. The van der Waals surface area contributed by atoms with E-state index in [9.17, 15) is 13.2 Å². The van der Waals surface area contributed by atoms with Gasteiger partial charge in [-0.25, -0.2) is 13.2 Å². The van der Waals surface area contributed by atoms with Crippen molar-refractivity contribution in [1.29, 1.82) is 0 Å². The summed E-state index contributed by atoms with van der Waals surface area (Å²) in [6.07, 6.45) is 3.50. The van der Waals surface area contributed by atoms with E-state index in [0.29, 0.717) is 19.5 Å². The predicted molar refractivity (Wildman–Crippen MR) is 76.4 cm³/mol. The first-order chi connectivity index (χ1) is 9.52. The predicted octanol–water partition coefficient (Wildman–Crippen LogP) is 0.774. The summed E-state index contributed by atoms with van der Waals surface area (Å²) < 4.78 is 28.6. The average Bonchev–Trinajstić information content (AvgIpc) is 3.02. The molecule has 1 N–H and O–H groups in total. The minimum Gasteiger partial charge on any atom is -0.376 e. The topological polar surface area (TPSA) is 75.7 Å². The first kappa shape index (κ1) is 15.6. The molecule has 20 heavy (non-hydrogen) atoms. The molecule has 2 aliphatic heterocycles. The summed E-state index contributed by atoms with van der Waals surface area (Å²) in [5.41, 5.74) is 0. The van der Waals surface area contributed by atoms with Crippen molar-refractivity contribution in [2.75, 3.05) is 31.2 Å². The lowest BCUT2D eigenvalue weighted by atomic mass is 10.2. The number of carbonyl (C=O) groups is 1. The highest BCUT2D eigenvalue weighted by molar-refractivity contribution is 7.91. The number of sulfone groups is 1. The van der Waals surface area contributed by atoms with Gasteiger partial charge in [-0.05, 0) is 25.7 Å². The Balaban J connectivity index is 1.88. The average molecular weight is 304 g/mol. The smallest absolute Gasteiger partial charge is 0.317 e. The molecule has 7 heteroatoms. The molecule has 0 radical (unpaired) electrons. The van der Waals surface area contributed by atoms with Crippen LogP contribution in [0.15, 0.2) is 0 Å². The van der Waals surface area contributed by atoms with Gasteiger partial charge in [-0.3, -0.25) is 0 Å². The molecule has 2 heterocycles. The van der Waals surface area contributed by atoms with Crippen molar-refractivity contribution in [3.05, 3.63) is 0 Å². The lowest BCUT2D eigenvalue weighted by molar-refractivity contribution is 0.107. The van der Waals surface area contributed by atoms with E-state index in [1.807, 2.05) is 6.92 Å². The summed E-state index contributed by atoms with van der Waals surface area (Å²) in [7, 11) is -2.97. The van der Waals surface area contributed by atoms with Crippen molar-refractivity contribution in [2.45, 2.75) is 44.8 Å². The largest absolute Gasteiger partial charge is 0.376 e. The van der Waals surface area contributed by atoms with Crippen LogP contribution in [0.25, 0.3) is 0 Å². The molecule has 0 spiro atoms. The third-order valence-corrected chi connectivity index (χ3v) is 5.63. The number of carbonyl (C=O) groups excluding carboxylic acids is 1. The van der Waals surface area contributed by atoms with Crippen molar-refractivity contribution in [1.82, 2.24) is 10.2 Å². The summed E-state index contributed by atoms with van der Waals surface area (Å²) in [6.45, 7) is 3.86. The van der Waals surface area contributed by atoms with Crippen LogP contribution in [0.1, 0.15) is 32.6 Å². The molecule has 2 aliphatic rings. The van der Waals surface area contributed by atoms with Crippen LogP contribution in [0, 0.1) is 0 Å². The van der Waals surface area contributed by atoms with Gasteiger partial charge in [-0.2, -0.15) is 0 Å². The molecule has 6 nitrogen and oxygen atoms in total. The van der Waals surface area contributed by atoms with Crippen molar-refractivity contribution in [3.8, 4) is 0 Å². The van der Waals surface area contributed by atoms with Crippen LogP contribution in [0.4, 0.5) is 4.79 Å². The second-order valence-electron chi connectivity index (χ2n) is 5.57. The van der Waals surface area contributed by atoms with Crippen LogP contribution >= 0.6 is 0 Å². The summed E-state index contributed by atoms with van der Waals surface area (Å²) in [5, 5.41) is 2.88. The third kappa shape index (κ3) is 4.09. The molecule has 0 aromatic rings. The molecule has 0 aromatic carbocycles. The Morgan fingerprint density at radius 3 is 2.75 bits per heavy atom. The lowest BCUT2D eigenvalue weighted by Crippen LogP contribution is -2.48. The van der Waals surface area contributed by atoms with Gasteiger partial charge in [0.15, 0.2) is 9.84 Å². The minimum absolute atomic E-state index is 0.0976. The fourth-order valence-electron chi connectivity index (χ4n) is 2.82. The number of amides is 2. The number of nitrogens with zero attached hydrogens (tertiary/aromatic N) is 1. The maximum Gasteiger partial charge on any atom is 0.317 e. The Bertz CT molecular complexity index is 432. The second kappa shape index (κ2) is 6.76. The van der Waals surface area contributed by atoms with Gasteiger partial charge in [-0.1, -0.05) is 6.92 Å². The van der Waals surface area contributed by atoms with E-state index in [4.69, 9.17) is 4.74 Å². The number of urea groups is 1. The standard InChI is InChI=1S/C13H24N2O4S/c1-2-6-15(11-5-8-20(17,18)10-11)13(16)14-9-12-4-3-7-19-12/h11-12H,2-10H2,1H3,(H,14,16). The first-order valence-corrected chi connectivity index (χ1v) is 9.20. The van der Waals surface area contributed by atoms with Gasteiger partial charge in [0.2, 0.25) is 0 Å². The van der Waals surface area contributed by atoms with E-state index in [2.05, 4.69) is 5.32 Å². The summed E-state index contributed by atoms with van der Waals surface area (Å²) >= 11 is 0. The molecular formula is C13H24N2O4S. The molecule has 116 valence electrons. The maximum absolute atomic E-state index is 12.3. The van der Waals surface area contributed by atoms with E-state index in [-0.39, 0.29) is 29.7 Å². The Hall–Kier alpha value is -0.820. The molecule has 0 aromatic heterocycles. The van der Waals surface area contributed by atoms with Crippen LogP contribution in [0.2, 0.25) is 0 Å². The summed E-state index contributed by atoms with van der Waals surface area (Å²) in [6, 6.07) is -0.339. The molecular weight excluding hydrogens is 280 g/mol. The molecule has 0 saturated carbocycles. The van der Waals surface area contributed by atoms with E-state index in [1.165, 1.54) is 0 Å². The fraction of sp³-hybridized carbons (Fsp3) is 0.923. The minimum atomic E-state index is -2.97. The molecule has 2 saturated heterocycles. The molecule has 0 bridgehead atoms. The van der Waals surface area contributed by atoms with Crippen molar-refractivity contribution < 1.29 is 17.9 Å². The molecule has 0 aliphatic carbocycles. The fourth-order valence-corrected chi connectivity index (χ4v) is 4.55. The van der Waals surface area contributed by atoms with Crippen LogP contribution in [0.5, 0.6) is 0 Å². The van der Waals surface area contributed by atoms with Crippen LogP contribution < -0.4 is 5.32 Å². The van der Waals surface area contributed by atoms with Gasteiger partial charge >= 0.3 is 6.03 Å². The number of hydrogen-bond donors (Lipinski definition) is 1. The van der Waals surface area contributed by atoms with Gasteiger partial charge in [0.1, 0.15) is 0 Å². The van der Waals surface area contributed by atoms with Crippen LogP contribution in [0.3, 0.4) is 0 Å². The van der Waals surface area contributed by atoms with Gasteiger partial charge < -0.3 is 15.0 Å². The quantitative estimate of drug-likeness (QED) is 0.814. The summed E-state index contributed by atoms with van der Waals surface area (Å²) in [4.78, 5) is 13.9. The molecule has 2 rings (SSSR count). The number of nitrogens with one attached hydrogen (secondary N) is 1. The van der Waals surface area contributed by atoms with Crippen LogP contribution in [-0.4, -0.2) is 62.7 Å². The highest BCUT2D eigenvalue weighted by Crippen LogP contribution is 2.18. The van der Waals surface area contributed by atoms with Crippen molar-refractivity contribution in [3.63, 3.8) is 0 Å². The van der Waals surface area contributed by atoms with Crippen LogP contribution in [-0.2, 0) is 14.6 Å². The Morgan fingerprint density at radius 2 is 2.20 bits per heavy atom. The normalized spacial score (nSPS) is 28.4. The SMILES string of the molecule is CCCN(C(=O)NCC1CCCO1)C1CCS(=O)(=O)C1. The number of ether oxygens (including phenoxy) is 1. The van der Waals surface area contributed by atoms with Gasteiger partial charge in [0, 0.05) is 25.7 Å². The number of hydrogen-bond acceptors (Lipinski definition) is 4. The highest BCUT2D eigenvalue weighted by Gasteiger charge is 2.34. The highest BCUT2D eigenvalue weighted by atomic mass is 32.2. The van der Waals surface area contributed by atoms with E-state index in [1.54, 1.807) is 4.90 Å². The first-order valence-electron chi connectivity index (χ1n) is 7.38. The van der Waals surface area contributed by atoms with Gasteiger partial charge in [0.25, 0.3) is 0 Å². The Morgan fingerprint density at radius 1 is 1.40 bits per heavy atom. The zero-order valence-electron chi connectivity index (χ0n) is 12.0. The maximum atomic E-state index is 12.3. The van der Waals surface area contributed by atoms with E-state index in [0.717, 1.165) is 25.9 Å². The molecule has 2 amide bonds. The molecule has 2 unspecified atom stereocenters. The zero-order chi connectivity index (χ0) is 14.6. The lowest BCUT2D eigenvalue weighted by Gasteiger charge is -2.28. The Kier molecular flexibility index (Phi) is 5.26.